The molecule has 0 aliphatic carbocycles. The Balaban J connectivity index is 1.85. The highest BCUT2D eigenvalue weighted by molar-refractivity contribution is 6.46. The van der Waals surface area contributed by atoms with Crippen LogP contribution in [0.5, 0.6) is 0 Å². The van der Waals surface area contributed by atoms with Gasteiger partial charge in [-0.1, -0.05) is 80.9 Å². The summed E-state index contributed by atoms with van der Waals surface area (Å²) in [5, 5.41) is 0. The van der Waals surface area contributed by atoms with Gasteiger partial charge in [0.15, 0.2) is 0 Å². The summed E-state index contributed by atoms with van der Waals surface area (Å²) in [5.74, 6) is -0.596. The first kappa shape index (κ1) is 22.5. The molecule has 0 radical (unpaired) electrons. The van der Waals surface area contributed by atoms with E-state index < -0.39 is 0 Å². The summed E-state index contributed by atoms with van der Waals surface area (Å²) in [4.78, 5) is 30.8. The van der Waals surface area contributed by atoms with E-state index in [-0.39, 0.29) is 17.2 Å². The van der Waals surface area contributed by atoms with E-state index in [1.807, 2.05) is 97.6 Å². The second-order valence-electron chi connectivity index (χ2n) is 9.41. The minimum absolute atomic E-state index is 0.0135. The van der Waals surface area contributed by atoms with E-state index in [4.69, 9.17) is 0 Å². The Hall–Kier alpha value is -3.66. The number of likely N-dealkylation sites (N-methyl/N-ethyl adjacent to an activating group) is 1. The lowest BCUT2D eigenvalue weighted by Gasteiger charge is -2.25. The van der Waals surface area contributed by atoms with E-state index in [0.717, 1.165) is 22.4 Å². The van der Waals surface area contributed by atoms with Crippen molar-refractivity contribution < 1.29 is 9.59 Å². The maximum absolute atomic E-state index is 13.8. The third-order valence-corrected chi connectivity index (χ3v) is 6.05. The minimum atomic E-state index is -0.301. The summed E-state index contributed by atoms with van der Waals surface area (Å²) in [5.41, 5.74) is 5.30. The van der Waals surface area contributed by atoms with Crippen molar-refractivity contribution in [3.63, 3.8) is 0 Å². The summed E-state index contributed by atoms with van der Waals surface area (Å²) in [6.45, 7) is 11.0. The van der Waals surface area contributed by atoms with E-state index in [0.29, 0.717) is 23.5 Å². The van der Waals surface area contributed by atoms with Crippen LogP contribution in [-0.2, 0) is 15.0 Å². The van der Waals surface area contributed by atoms with Gasteiger partial charge in [0.1, 0.15) is 5.70 Å². The molecule has 33 heavy (non-hydrogen) atoms. The average molecular weight is 439 g/mol. The van der Waals surface area contributed by atoms with Crippen LogP contribution < -0.4 is 9.80 Å². The predicted molar refractivity (Wildman–Crippen MR) is 135 cm³/mol. The normalized spacial score (nSPS) is 14.3. The van der Waals surface area contributed by atoms with Crippen LogP contribution in [0.15, 0.2) is 84.6 Å². The quantitative estimate of drug-likeness (QED) is 0.452. The van der Waals surface area contributed by atoms with Crippen molar-refractivity contribution in [3.05, 3.63) is 101 Å². The van der Waals surface area contributed by atoms with Crippen molar-refractivity contribution in [2.24, 2.45) is 0 Å². The number of amides is 2. The lowest BCUT2D eigenvalue weighted by Crippen LogP contribution is -2.35. The highest BCUT2D eigenvalue weighted by Gasteiger charge is 2.42. The number of aryl methyl sites for hydroxylation is 1. The van der Waals surface area contributed by atoms with Crippen LogP contribution in [0.25, 0.3) is 5.57 Å². The molecule has 168 valence electrons. The highest BCUT2D eigenvalue weighted by atomic mass is 16.2. The number of hydrogen-bond donors (Lipinski definition) is 0. The lowest BCUT2D eigenvalue weighted by molar-refractivity contribution is -0.120. The van der Waals surface area contributed by atoms with Gasteiger partial charge in [0, 0.05) is 12.2 Å². The van der Waals surface area contributed by atoms with Crippen molar-refractivity contribution >= 4 is 28.8 Å². The first-order chi connectivity index (χ1) is 15.7. The predicted octanol–water partition coefficient (Wildman–Crippen LogP) is 6.10. The number of imide groups is 1. The molecule has 0 aromatic heterocycles. The number of hydrogen-bond acceptors (Lipinski definition) is 3. The Morgan fingerprint density at radius 3 is 1.94 bits per heavy atom. The monoisotopic (exact) mass is 438 g/mol. The first-order valence-corrected chi connectivity index (χ1v) is 11.4. The molecule has 0 saturated carbocycles. The molecule has 0 unspecified atom stereocenters. The van der Waals surface area contributed by atoms with Crippen molar-refractivity contribution in [2.45, 2.75) is 40.0 Å². The second kappa shape index (κ2) is 8.70. The molecule has 4 rings (SSSR count). The summed E-state index contributed by atoms with van der Waals surface area (Å²) in [6, 6.07) is 25.2. The van der Waals surface area contributed by atoms with E-state index in [2.05, 4.69) is 20.8 Å². The van der Waals surface area contributed by atoms with Gasteiger partial charge in [-0.25, -0.2) is 4.90 Å². The van der Waals surface area contributed by atoms with Crippen molar-refractivity contribution in [1.29, 1.82) is 0 Å². The van der Waals surface area contributed by atoms with Crippen LogP contribution in [0, 0.1) is 6.92 Å². The summed E-state index contributed by atoms with van der Waals surface area (Å²) >= 11 is 0. The molecule has 0 N–H and O–H groups in total. The maximum Gasteiger partial charge on any atom is 0.282 e. The second-order valence-corrected chi connectivity index (χ2v) is 9.41. The summed E-state index contributed by atoms with van der Waals surface area (Å²) < 4.78 is 0. The van der Waals surface area contributed by atoms with Crippen molar-refractivity contribution in [1.82, 2.24) is 0 Å². The molecule has 1 aliphatic rings. The van der Waals surface area contributed by atoms with Gasteiger partial charge in [0.25, 0.3) is 11.8 Å². The molecular formula is C29H30N2O2. The summed E-state index contributed by atoms with van der Waals surface area (Å²) in [6.07, 6.45) is 0. The zero-order valence-electron chi connectivity index (χ0n) is 19.9. The van der Waals surface area contributed by atoms with Gasteiger partial charge in [0.05, 0.1) is 11.3 Å². The Labute approximate surface area is 196 Å². The first-order valence-electron chi connectivity index (χ1n) is 11.4. The zero-order valence-corrected chi connectivity index (χ0v) is 19.9. The van der Waals surface area contributed by atoms with Gasteiger partial charge >= 0.3 is 0 Å². The van der Waals surface area contributed by atoms with Crippen molar-refractivity contribution in [3.8, 4) is 0 Å². The van der Waals surface area contributed by atoms with Gasteiger partial charge in [-0.2, -0.15) is 0 Å². The highest BCUT2D eigenvalue weighted by Crippen LogP contribution is 2.37. The Kier molecular flexibility index (Phi) is 5.94. The lowest BCUT2D eigenvalue weighted by atomic mass is 9.87. The van der Waals surface area contributed by atoms with E-state index >= 15 is 0 Å². The third kappa shape index (κ3) is 4.21. The largest absolute Gasteiger partial charge is 0.337 e. The van der Waals surface area contributed by atoms with Gasteiger partial charge in [0.2, 0.25) is 0 Å². The standard InChI is InChI=1S/C29H30N2O2/c1-6-30(23-10-8-7-9-11-23)26-25(21-14-12-20(2)13-15-21)27(32)31(28(26)33)24-18-16-22(17-19-24)29(3,4)5/h7-19H,6H2,1-5H3. The average Bonchev–Trinajstić information content (AvgIpc) is 3.05. The smallest absolute Gasteiger partial charge is 0.282 e. The molecule has 0 saturated heterocycles. The van der Waals surface area contributed by atoms with Crippen LogP contribution >= 0.6 is 0 Å². The van der Waals surface area contributed by atoms with Crippen LogP contribution in [0.3, 0.4) is 0 Å². The minimum Gasteiger partial charge on any atom is -0.337 e. The van der Waals surface area contributed by atoms with Crippen molar-refractivity contribution in [2.75, 3.05) is 16.3 Å². The number of nitrogens with zero attached hydrogens (tertiary/aromatic N) is 2. The molecule has 0 spiro atoms. The van der Waals surface area contributed by atoms with Gasteiger partial charge in [-0.3, -0.25) is 9.59 Å². The number of para-hydroxylation sites is 1. The Morgan fingerprint density at radius 1 is 0.788 bits per heavy atom. The molecule has 3 aromatic rings. The summed E-state index contributed by atoms with van der Waals surface area (Å²) in [7, 11) is 0. The fraction of sp³-hybridized carbons (Fsp3) is 0.241. The number of anilines is 2. The fourth-order valence-electron chi connectivity index (χ4n) is 4.17. The van der Waals surface area contributed by atoms with E-state index in [9.17, 15) is 9.59 Å². The Bertz CT molecular complexity index is 1200. The van der Waals surface area contributed by atoms with Crippen LogP contribution in [0.2, 0.25) is 0 Å². The number of carbonyl (C=O) groups excluding carboxylic acids is 2. The molecule has 1 heterocycles. The molecule has 1 aliphatic heterocycles. The van der Waals surface area contributed by atoms with Crippen LogP contribution in [0.4, 0.5) is 11.4 Å². The van der Waals surface area contributed by atoms with Crippen LogP contribution in [-0.4, -0.2) is 18.4 Å². The van der Waals surface area contributed by atoms with E-state index in [1.54, 1.807) is 0 Å². The molecular weight excluding hydrogens is 408 g/mol. The van der Waals surface area contributed by atoms with Gasteiger partial charge in [-0.05, 0) is 54.7 Å². The molecule has 0 fully saturated rings. The number of carbonyl (C=O) groups is 2. The van der Waals surface area contributed by atoms with E-state index in [1.165, 1.54) is 4.90 Å². The molecule has 4 nitrogen and oxygen atoms in total. The third-order valence-electron chi connectivity index (χ3n) is 6.05. The molecule has 4 heteroatoms. The zero-order chi connectivity index (χ0) is 23.8. The fourth-order valence-corrected chi connectivity index (χ4v) is 4.17. The number of rotatable bonds is 5. The van der Waals surface area contributed by atoms with Crippen LogP contribution in [0.1, 0.15) is 44.4 Å². The molecule has 0 bridgehead atoms. The number of benzene rings is 3. The SMILES string of the molecule is CCN(C1=C(c2ccc(C)cc2)C(=O)N(c2ccc(C(C)(C)C)cc2)C1=O)c1ccccc1. The molecule has 2 amide bonds. The van der Waals surface area contributed by atoms with Gasteiger partial charge < -0.3 is 4.90 Å². The molecule has 0 atom stereocenters. The maximum atomic E-state index is 13.8. The topological polar surface area (TPSA) is 40.6 Å². The van der Waals surface area contributed by atoms with Gasteiger partial charge in [-0.15, -0.1) is 0 Å². The Morgan fingerprint density at radius 2 is 1.39 bits per heavy atom. The molecule has 3 aromatic carbocycles.